The lowest BCUT2D eigenvalue weighted by molar-refractivity contribution is -0.142. The Balaban J connectivity index is 2.24. The highest BCUT2D eigenvalue weighted by Crippen LogP contribution is 2.35. The molecule has 0 N–H and O–H groups in total. The van der Waals surface area contributed by atoms with Crippen LogP contribution < -0.4 is 0 Å². The topological polar surface area (TPSA) is 43.4 Å². The van der Waals surface area contributed by atoms with Crippen molar-refractivity contribution in [1.29, 1.82) is 0 Å². The lowest BCUT2D eigenvalue weighted by Gasteiger charge is -2.26. The highest BCUT2D eigenvalue weighted by Gasteiger charge is 2.35. The predicted octanol–water partition coefficient (Wildman–Crippen LogP) is 1.60. The quantitative estimate of drug-likeness (QED) is 0.573. The van der Waals surface area contributed by atoms with Crippen molar-refractivity contribution in [3.63, 3.8) is 0 Å². The number of allylic oxidation sites excluding steroid dienone is 7. The van der Waals surface area contributed by atoms with E-state index in [0.29, 0.717) is 11.3 Å². The first-order chi connectivity index (χ1) is 7.77. The molecule has 0 saturated carbocycles. The molecule has 0 bridgehead atoms. The maximum atomic E-state index is 11.8. The maximum Gasteiger partial charge on any atom is 0.322 e. The molecule has 1 unspecified atom stereocenters. The molecule has 0 aromatic heterocycles. The summed E-state index contributed by atoms with van der Waals surface area (Å²) in [6, 6.07) is 0. The number of carbonyl (C=O) groups excluding carboxylic acids is 2. The fraction of sp³-hybridized carbons (Fsp3) is 0.0769. The predicted molar refractivity (Wildman–Crippen MR) is 57.1 cm³/mol. The normalized spacial score (nSPS) is 26.2. The lowest BCUT2D eigenvalue weighted by atomic mass is 9.84. The second-order valence-electron chi connectivity index (χ2n) is 3.73. The van der Waals surface area contributed by atoms with E-state index in [1.54, 1.807) is 30.4 Å². The number of rotatable bonds is 0. The molecule has 0 saturated heterocycles. The molecule has 2 aliphatic carbocycles. The molecule has 3 heteroatoms. The smallest absolute Gasteiger partial charge is 0.322 e. The molecule has 1 aliphatic heterocycles. The van der Waals surface area contributed by atoms with Gasteiger partial charge in [-0.1, -0.05) is 30.4 Å². The average Bonchev–Trinajstić information content (AvgIpc) is 2.29. The minimum atomic E-state index is -0.437. The lowest BCUT2D eigenvalue weighted by Crippen LogP contribution is -2.28. The molecule has 16 heavy (non-hydrogen) atoms. The molecule has 0 aromatic rings. The van der Waals surface area contributed by atoms with Gasteiger partial charge in [-0.2, -0.15) is 0 Å². The van der Waals surface area contributed by atoms with Gasteiger partial charge in [0, 0.05) is 0 Å². The molecule has 0 aromatic carbocycles. The Morgan fingerprint density at radius 1 is 1.06 bits per heavy atom. The van der Waals surface area contributed by atoms with Crippen LogP contribution in [0.1, 0.15) is 0 Å². The Hall–Kier alpha value is -2.16. The van der Waals surface area contributed by atoms with Crippen LogP contribution in [0.25, 0.3) is 0 Å². The van der Waals surface area contributed by atoms with Gasteiger partial charge >= 0.3 is 5.97 Å². The van der Waals surface area contributed by atoms with Crippen LogP contribution >= 0.6 is 0 Å². The third-order valence-corrected chi connectivity index (χ3v) is 2.77. The van der Waals surface area contributed by atoms with Gasteiger partial charge < -0.3 is 4.74 Å². The molecule has 3 nitrogen and oxygen atoms in total. The molecule has 0 radical (unpaired) electrons. The van der Waals surface area contributed by atoms with Crippen LogP contribution in [-0.2, 0) is 14.3 Å². The fourth-order valence-corrected chi connectivity index (χ4v) is 2.04. The first-order valence-corrected chi connectivity index (χ1v) is 5.01. The van der Waals surface area contributed by atoms with Gasteiger partial charge in [0.15, 0.2) is 5.78 Å². The van der Waals surface area contributed by atoms with Crippen molar-refractivity contribution < 1.29 is 14.3 Å². The number of hydrogen-bond acceptors (Lipinski definition) is 3. The largest absolute Gasteiger partial charge is 0.425 e. The summed E-state index contributed by atoms with van der Waals surface area (Å²) in [7, 11) is 0. The van der Waals surface area contributed by atoms with Crippen LogP contribution in [-0.4, -0.2) is 11.8 Å². The van der Waals surface area contributed by atoms with Crippen LogP contribution in [0.3, 0.4) is 0 Å². The monoisotopic (exact) mass is 212 g/mol. The number of fused-ring (bicyclic) bond motifs is 2. The molecule has 3 aliphatic rings. The molecular weight excluding hydrogens is 204 g/mol. The summed E-state index contributed by atoms with van der Waals surface area (Å²) in [5.41, 5.74) is 1.24. The molecule has 3 rings (SSSR count). The highest BCUT2D eigenvalue weighted by molar-refractivity contribution is 6.11. The Kier molecular flexibility index (Phi) is 1.80. The van der Waals surface area contributed by atoms with Crippen LogP contribution in [0.4, 0.5) is 0 Å². The summed E-state index contributed by atoms with van der Waals surface area (Å²) in [4.78, 5) is 23.4. The number of ether oxygens (including phenoxy) is 1. The zero-order valence-electron chi connectivity index (χ0n) is 8.34. The van der Waals surface area contributed by atoms with Crippen molar-refractivity contribution in [3.8, 4) is 0 Å². The van der Waals surface area contributed by atoms with Crippen molar-refractivity contribution in [2.45, 2.75) is 0 Å². The van der Waals surface area contributed by atoms with Crippen LogP contribution in [0.2, 0.25) is 0 Å². The van der Waals surface area contributed by atoms with Crippen LogP contribution in [0.15, 0.2) is 59.4 Å². The Labute approximate surface area is 92.1 Å². The van der Waals surface area contributed by atoms with Crippen molar-refractivity contribution in [2.24, 2.45) is 5.92 Å². The minimum absolute atomic E-state index is 0.107. The van der Waals surface area contributed by atoms with Gasteiger partial charge in [-0.05, 0) is 17.7 Å². The number of esters is 1. The van der Waals surface area contributed by atoms with E-state index in [1.807, 2.05) is 6.08 Å². The molecule has 78 valence electrons. The zero-order chi connectivity index (χ0) is 11.1. The maximum absolute atomic E-state index is 11.8. The second kappa shape index (κ2) is 3.17. The Bertz CT molecular complexity index is 542. The molecule has 1 atom stereocenters. The Morgan fingerprint density at radius 2 is 1.94 bits per heavy atom. The standard InChI is InChI=1S/C13H8O3/c14-10-6-3-7-11-12(10)8-4-1-2-5-9(8)13(15)16-11/h1-7,9H. The van der Waals surface area contributed by atoms with Crippen LogP contribution in [0.5, 0.6) is 0 Å². The van der Waals surface area contributed by atoms with Gasteiger partial charge in [0.1, 0.15) is 11.7 Å². The summed E-state index contributed by atoms with van der Waals surface area (Å²) in [5, 5.41) is 0. The summed E-state index contributed by atoms with van der Waals surface area (Å²) >= 11 is 0. The third-order valence-electron chi connectivity index (χ3n) is 2.77. The van der Waals surface area contributed by atoms with Crippen molar-refractivity contribution >= 4 is 11.8 Å². The van der Waals surface area contributed by atoms with Gasteiger partial charge in [-0.15, -0.1) is 0 Å². The summed E-state index contributed by atoms with van der Waals surface area (Å²) in [5.74, 6) is -0.505. The van der Waals surface area contributed by atoms with Crippen molar-refractivity contribution in [2.75, 3.05) is 0 Å². The molecule has 1 heterocycles. The van der Waals surface area contributed by atoms with E-state index in [4.69, 9.17) is 4.74 Å². The summed E-state index contributed by atoms with van der Waals surface area (Å²) < 4.78 is 5.14. The SMILES string of the molecule is O=C1C=CC=C2OC(=O)C3C=CC=CC3=C12. The number of ketones is 1. The van der Waals surface area contributed by atoms with Gasteiger partial charge in [-0.3, -0.25) is 9.59 Å². The van der Waals surface area contributed by atoms with Crippen molar-refractivity contribution in [1.82, 2.24) is 0 Å². The minimum Gasteiger partial charge on any atom is -0.425 e. The van der Waals surface area contributed by atoms with E-state index >= 15 is 0 Å². The Morgan fingerprint density at radius 3 is 2.81 bits per heavy atom. The molecule has 0 spiro atoms. The molecular formula is C13H8O3. The van der Waals surface area contributed by atoms with E-state index in [9.17, 15) is 9.59 Å². The van der Waals surface area contributed by atoms with E-state index in [2.05, 4.69) is 0 Å². The van der Waals surface area contributed by atoms with Gasteiger partial charge in [-0.25, -0.2) is 0 Å². The summed E-state index contributed by atoms with van der Waals surface area (Å²) in [6.45, 7) is 0. The van der Waals surface area contributed by atoms with E-state index in [0.717, 1.165) is 5.57 Å². The van der Waals surface area contributed by atoms with Gasteiger partial charge in [0.2, 0.25) is 0 Å². The third kappa shape index (κ3) is 1.15. The fourth-order valence-electron chi connectivity index (χ4n) is 2.04. The van der Waals surface area contributed by atoms with E-state index < -0.39 is 5.92 Å². The van der Waals surface area contributed by atoms with E-state index in [1.165, 1.54) is 6.08 Å². The molecule has 0 fully saturated rings. The first kappa shape index (κ1) is 9.09. The van der Waals surface area contributed by atoms with Gasteiger partial charge in [0.25, 0.3) is 0 Å². The van der Waals surface area contributed by atoms with Crippen LogP contribution in [0, 0.1) is 5.92 Å². The second-order valence-corrected chi connectivity index (χ2v) is 3.73. The first-order valence-electron chi connectivity index (χ1n) is 5.01. The van der Waals surface area contributed by atoms with Gasteiger partial charge in [0.05, 0.1) is 5.57 Å². The van der Waals surface area contributed by atoms with E-state index in [-0.39, 0.29) is 11.8 Å². The average molecular weight is 212 g/mol. The number of carbonyl (C=O) groups is 2. The summed E-state index contributed by atoms with van der Waals surface area (Å²) in [6.07, 6.45) is 11.9. The highest BCUT2D eigenvalue weighted by atomic mass is 16.5. The zero-order valence-corrected chi connectivity index (χ0v) is 8.34. The van der Waals surface area contributed by atoms with Crippen molar-refractivity contribution in [3.05, 3.63) is 59.4 Å². The number of hydrogen-bond donors (Lipinski definition) is 0. The molecule has 0 amide bonds.